The molecular weight excluding hydrogens is 487 g/mol. The van der Waals surface area contributed by atoms with Crippen LogP contribution in [0.1, 0.15) is 35.5 Å². The van der Waals surface area contributed by atoms with Crippen molar-refractivity contribution in [3.8, 4) is 16.9 Å². The summed E-state index contributed by atoms with van der Waals surface area (Å²) in [5.74, 6) is -1.93. The number of nitrogens with one attached hydrogen (secondary N) is 1. The minimum atomic E-state index is -4.29. The highest BCUT2D eigenvalue weighted by atomic mass is 32.2. The van der Waals surface area contributed by atoms with Gasteiger partial charge in [0.1, 0.15) is 29.4 Å². The first kappa shape index (κ1) is 25.3. The van der Waals surface area contributed by atoms with Gasteiger partial charge in [-0.3, -0.25) is 4.72 Å². The third-order valence-electron chi connectivity index (χ3n) is 5.87. The summed E-state index contributed by atoms with van der Waals surface area (Å²) in [7, 11) is -4.29. The van der Waals surface area contributed by atoms with Crippen molar-refractivity contribution in [3.63, 3.8) is 0 Å². The van der Waals surface area contributed by atoms with Crippen LogP contribution in [0.25, 0.3) is 17.2 Å². The van der Waals surface area contributed by atoms with Gasteiger partial charge in [-0.2, -0.15) is 10.2 Å². The fraction of sp³-hybridized carbons (Fsp3) is 0.240. The topological polar surface area (TPSA) is 122 Å². The maximum absolute atomic E-state index is 14.0. The van der Waals surface area contributed by atoms with Crippen molar-refractivity contribution in [3.05, 3.63) is 71.3 Å². The Kier molecular flexibility index (Phi) is 7.32. The highest BCUT2D eigenvalue weighted by Gasteiger charge is 2.29. The third-order valence-corrected chi connectivity index (χ3v) is 7.31. The minimum Gasteiger partial charge on any atom is -0.486 e. The number of carboxylic acid groups (broad SMARTS) is 1. The van der Waals surface area contributed by atoms with Crippen LogP contribution in [0.3, 0.4) is 0 Å². The van der Waals surface area contributed by atoms with Crippen LogP contribution in [0.2, 0.25) is 0 Å². The zero-order chi connectivity index (χ0) is 25.9. The van der Waals surface area contributed by atoms with Crippen LogP contribution < -0.4 is 9.46 Å². The molecular formula is C25H25FN4O5S. The smallest absolute Gasteiger partial charge is 0.341 e. The number of aromatic nitrogens is 2. The molecule has 2 N–H and O–H groups in total. The van der Waals surface area contributed by atoms with E-state index in [1.54, 1.807) is 24.3 Å². The Morgan fingerprint density at radius 2 is 1.97 bits per heavy atom. The van der Waals surface area contributed by atoms with E-state index in [0.717, 1.165) is 31.3 Å². The van der Waals surface area contributed by atoms with Crippen molar-refractivity contribution in [2.75, 3.05) is 24.4 Å². The van der Waals surface area contributed by atoms with E-state index < -0.39 is 21.8 Å². The first-order chi connectivity index (χ1) is 17.2. The van der Waals surface area contributed by atoms with Gasteiger partial charge in [0.2, 0.25) is 0 Å². The molecule has 1 aliphatic rings. The number of likely N-dealkylation sites (N-methyl/N-ethyl adjacent to an activating group) is 1. The summed E-state index contributed by atoms with van der Waals surface area (Å²) in [6.45, 7) is 6.19. The SMILES string of the molecule is CCN(CC)C/C=C\c1cc(F)ccc1S(=O)(=O)Nc1ccc2c(c1C(=O)O)OCc1nnccc1-2. The molecule has 0 saturated heterocycles. The number of hydrogen-bond acceptors (Lipinski definition) is 7. The molecule has 0 fully saturated rings. The summed E-state index contributed by atoms with van der Waals surface area (Å²) in [6, 6.07) is 7.93. The van der Waals surface area contributed by atoms with Gasteiger partial charge < -0.3 is 14.7 Å². The van der Waals surface area contributed by atoms with Crippen LogP contribution in [0, 0.1) is 5.82 Å². The molecule has 9 nitrogen and oxygen atoms in total. The number of sulfonamides is 1. The number of carbonyl (C=O) groups is 1. The van der Waals surface area contributed by atoms with Gasteiger partial charge in [0.05, 0.1) is 16.8 Å². The van der Waals surface area contributed by atoms with Crippen molar-refractivity contribution in [2.45, 2.75) is 25.3 Å². The van der Waals surface area contributed by atoms with Crippen LogP contribution >= 0.6 is 0 Å². The summed E-state index contributed by atoms with van der Waals surface area (Å²) in [6.07, 6.45) is 4.79. The molecule has 2 aromatic carbocycles. The molecule has 0 unspecified atom stereocenters. The fourth-order valence-corrected chi connectivity index (χ4v) is 5.25. The van der Waals surface area contributed by atoms with Crippen LogP contribution in [0.15, 0.2) is 53.6 Å². The van der Waals surface area contributed by atoms with Gasteiger partial charge in [0.15, 0.2) is 0 Å². The molecule has 11 heteroatoms. The number of ether oxygens (including phenoxy) is 1. The van der Waals surface area contributed by atoms with E-state index >= 15 is 0 Å². The van der Waals surface area contributed by atoms with E-state index in [-0.39, 0.29) is 34.1 Å². The second-order valence-electron chi connectivity index (χ2n) is 8.03. The Bertz CT molecular complexity index is 1440. The normalized spacial score (nSPS) is 12.8. The number of anilines is 1. The van der Waals surface area contributed by atoms with Gasteiger partial charge in [-0.15, -0.1) is 0 Å². The first-order valence-electron chi connectivity index (χ1n) is 11.3. The van der Waals surface area contributed by atoms with Crippen LogP contribution in [0.4, 0.5) is 10.1 Å². The number of nitrogens with zero attached hydrogens (tertiary/aromatic N) is 3. The lowest BCUT2D eigenvalue weighted by atomic mass is 9.97. The molecule has 36 heavy (non-hydrogen) atoms. The van der Waals surface area contributed by atoms with Crippen molar-refractivity contribution in [1.29, 1.82) is 0 Å². The molecule has 0 spiro atoms. The lowest BCUT2D eigenvalue weighted by Gasteiger charge is -2.23. The molecule has 2 heterocycles. The van der Waals surface area contributed by atoms with Crippen molar-refractivity contribution in [2.24, 2.45) is 0 Å². The first-order valence-corrected chi connectivity index (χ1v) is 12.8. The van der Waals surface area contributed by atoms with Gasteiger partial charge >= 0.3 is 5.97 Å². The van der Waals surface area contributed by atoms with Crippen LogP contribution in [0.5, 0.6) is 5.75 Å². The van der Waals surface area contributed by atoms with Crippen LogP contribution in [-0.2, 0) is 16.6 Å². The predicted molar refractivity (Wildman–Crippen MR) is 133 cm³/mol. The number of halogens is 1. The Balaban J connectivity index is 1.73. The minimum absolute atomic E-state index is 0.00784. The molecule has 1 aliphatic heterocycles. The number of hydrogen-bond donors (Lipinski definition) is 2. The van der Waals surface area contributed by atoms with Crippen molar-refractivity contribution < 1.29 is 27.4 Å². The molecule has 0 atom stereocenters. The molecule has 0 radical (unpaired) electrons. The van der Waals surface area contributed by atoms with Gasteiger partial charge in [0.25, 0.3) is 10.0 Å². The van der Waals surface area contributed by atoms with Gasteiger partial charge in [-0.25, -0.2) is 17.6 Å². The Morgan fingerprint density at radius 1 is 1.19 bits per heavy atom. The molecule has 0 amide bonds. The van der Waals surface area contributed by atoms with Gasteiger partial charge in [-0.1, -0.05) is 26.0 Å². The van der Waals surface area contributed by atoms with Crippen molar-refractivity contribution in [1.82, 2.24) is 15.1 Å². The standard InChI is InChI=1S/C25H25FN4O5S/c1-3-30(4-2)13-5-6-16-14-17(26)7-10-22(16)36(33,34)29-20-9-8-19-18-11-12-27-28-21(18)15-35-24(19)23(20)25(31)32/h5-12,14,29H,3-4,13,15H2,1-2H3,(H,31,32)/b6-5-. The maximum atomic E-state index is 14.0. The van der Waals surface area contributed by atoms with Gasteiger partial charge in [0, 0.05) is 17.7 Å². The summed E-state index contributed by atoms with van der Waals surface area (Å²) in [5, 5.41) is 17.7. The van der Waals surface area contributed by atoms with E-state index in [1.165, 1.54) is 12.3 Å². The van der Waals surface area contributed by atoms with Crippen LogP contribution in [-0.4, -0.2) is 54.2 Å². The largest absolute Gasteiger partial charge is 0.486 e. The molecule has 0 aliphatic carbocycles. The predicted octanol–water partition coefficient (Wildman–Crippen LogP) is 4.03. The average molecular weight is 513 g/mol. The van der Waals surface area contributed by atoms with Crippen molar-refractivity contribution >= 4 is 27.8 Å². The number of fused-ring (bicyclic) bond motifs is 3. The van der Waals surface area contributed by atoms with E-state index in [2.05, 4.69) is 19.8 Å². The second-order valence-corrected chi connectivity index (χ2v) is 9.68. The van der Waals surface area contributed by atoms with Gasteiger partial charge in [-0.05, 0) is 55.1 Å². The Hall–Kier alpha value is -3.83. The monoisotopic (exact) mass is 512 g/mol. The van der Waals surface area contributed by atoms with E-state index in [4.69, 9.17) is 4.74 Å². The summed E-state index contributed by atoms with van der Waals surface area (Å²) < 4.78 is 48.7. The Labute approximate surface area is 208 Å². The molecule has 0 saturated carbocycles. The summed E-state index contributed by atoms with van der Waals surface area (Å²) >= 11 is 0. The Morgan fingerprint density at radius 3 is 2.69 bits per heavy atom. The lowest BCUT2D eigenvalue weighted by molar-refractivity contribution is 0.0693. The number of aromatic carboxylic acids is 1. The highest BCUT2D eigenvalue weighted by Crippen LogP contribution is 2.42. The quantitative estimate of drug-likeness (QED) is 0.441. The summed E-state index contributed by atoms with van der Waals surface area (Å²) in [4.78, 5) is 14.1. The zero-order valence-corrected chi connectivity index (χ0v) is 20.5. The maximum Gasteiger partial charge on any atom is 0.341 e. The van der Waals surface area contributed by atoms with E-state index in [9.17, 15) is 22.7 Å². The number of rotatable bonds is 9. The molecule has 188 valence electrons. The number of carboxylic acids is 1. The third kappa shape index (κ3) is 5.07. The van der Waals surface area contributed by atoms with E-state index in [1.807, 2.05) is 13.8 Å². The molecule has 0 bridgehead atoms. The lowest BCUT2D eigenvalue weighted by Crippen LogP contribution is -2.22. The fourth-order valence-electron chi connectivity index (χ4n) is 4.00. The number of benzene rings is 2. The summed E-state index contributed by atoms with van der Waals surface area (Å²) in [5.41, 5.74) is 1.30. The molecule has 3 aromatic rings. The highest BCUT2D eigenvalue weighted by molar-refractivity contribution is 7.92. The average Bonchev–Trinajstić information content (AvgIpc) is 2.85. The molecule has 4 rings (SSSR count). The second kappa shape index (κ2) is 10.4. The zero-order valence-electron chi connectivity index (χ0n) is 19.7. The molecule has 1 aromatic heterocycles. The van der Waals surface area contributed by atoms with E-state index in [0.29, 0.717) is 23.4 Å².